The van der Waals surface area contributed by atoms with Crippen LogP contribution in [0.1, 0.15) is 5.56 Å². The van der Waals surface area contributed by atoms with Crippen molar-refractivity contribution in [2.75, 3.05) is 0 Å². The van der Waals surface area contributed by atoms with Gasteiger partial charge in [0.25, 0.3) is 0 Å². The maximum Gasteiger partial charge on any atom is 0.387 e. The summed E-state index contributed by atoms with van der Waals surface area (Å²) in [6.45, 7) is -2.88. The number of guanidine groups is 1. The number of nitrogens with one attached hydrogen (secondary N) is 1. The smallest absolute Gasteiger partial charge is 0.387 e. The first-order chi connectivity index (χ1) is 8.91. The Morgan fingerprint density at radius 3 is 2.42 bits per heavy atom. The summed E-state index contributed by atoms with van der Waals surface area (Å²) in [5, 5.41) is 2.63. The van der Waals surface area contributed by atoms with Crippen molar-refractivity contribution in [3.63, 3.8) is 0 Å². The van der Waals surface area contributed by atoms with Crippen molar-refractivity contribution in [3.05, 3.63) is 41.7 Å². The van der Waals surface area contributed by atoms with Gasteiger partial charge in [0.15, 0.2) is 11.6 Å². The van der Waals surface area contributed by atoms with Crippen LogP contribution in [0.5, 0.6) is 5.75 Å². The highest BCUT2D eigenvalue weighted by atomic mass is 19.3. The van der Waals surface area contributed by atoms with Gasteiger partial charge in [0.05, 0.1) is 5.70 Å². The van der Waals surface area contributed by atoms with Gasteiger partial charge in [-0.15, -0.1) is 0 Å². The first-order valence-electron chi connectivity index (χ1n) is 5.34. The van der Waals surface area contributed by atoms with E-state index in [0.717, 1.165) is 0 Å². The molecule has 1 aromatic carbocycles. The van der Waals surface area contributed by atoms with Gasteiger partial charge in [-0.2, -0.15) is 8.78 Å². The van der Waals surface area contributed by atoms with Crippen LogP contribution in [0.4, 0.5) is 8.78 Å². The highest BCUT2D eigenvalue weighted by molar-refractivity contribution is 5.81. The lowest BCUT2D eigenvalue weighted by Gasteiger charge is -2.29. The summed E-state index contributed by atoms with van der Waals surface area (Å²) in [5.41, 5.74) is 16.8. The Morgan fingerprint density at radius 2 is 1.84 bits per heavy atom. The molecule has 19 heavy (non-hydrogen) atoms. The minimum atomic E-state index is -2.88. The second kappa shape index (κ2) is 4.73. The molecule has 1 unspecified atom stereocenters. The van der Waals surface area contributed by atoms with Crippen LogP contribution in [0.3, 0.4) is 0 Å². The molecule has 0 fully saturated rings. The van der Waals surface area contributed by atoms with Crippen molar-refractivity contribution >= 4 is 5.96 Å². The molecule has 0 saturated heterocycles. The van der Waals surface area contributed by atoms with Crippen LogP contribution in [-0.4, -0.2) is 12.6 Å². The van der Waals surface area contributed by atoms with E-state index >= 15 is 0 Å². The monoisotopic (exact) mass is 269 g/mol. The van der Waals surface area contributed by atoms with E-state index in [1.54, 1.807) is 0 Å². The number of benzene rings is 1. The molecule has 8 heteroatoms. The number of hydrogen-bond donors (Lipinski definition) is 4. The Hall–Kier alpha value is -2.35. The molecule has 1 aromatic rings. The van der Waals surface area contributed by atoms with Crippen LogP contribution >= 0.6 is 0 Å². The largest absolute Gasteiger partial charge is 0.435 e. The minimum Gasteiger partial charge on any atom is -0.435 e. The summed E-state index contributed by atoms with van der Waals surface area (Å²) in [4.78, 5) is 4.03. The van der Waals surface area contributed by atoms with Gasteiger partial charge < -0.3 is 21.5 Å². The van der Waals surface area contributed by atoms with Crippen molar-refractivity contribution in [1.82, 2.24) is 5.32 Å². The molecule has 6 nitrogen and oxygen atoms in total. The molecule has 1 heterocycles. The molecule has 1 atom stereocenters. The van der Waals surface area contributed by atoms with Gasteiger partial charge in [0.2, 0.25) is 0 Å². The molecule has 0 bridgehead atoms. The Kier molecular flexibility index (Phi) is 3.26. The van der Waals surface area contributed by atoms with Crippen molar-refractivity contribution in [3.8, 4) is 5.75 Å². The topological polar surface area (TPSA) is 112 Å². The maximum atomic E-state index is 12.0. The molecular weight excluding hydrogens is 256 g/mol. The fourth-order valence-electron chi connectivity index (χ4n) is 1.67. The van der Waals surface area contributed by atoms with Crippen LogP contribution in [0.2, 0.25) is 0 Å². The molecule has 0 aromatic heterocycles. The molecule has 102 valence electrons. The Bertz CT molecular complexity index is 528. The molecule has 2 rings (SSSR count). The average molecular weight is 269 g/mol. The minimum absolute atomic E-state index is 0.0239. The molecule has 1 aliphatic rings. The highest BCUT2D eigenvalue weighted by Gasteiger charge is 2.32. The summed E-state index contributed by atoms with van der Waals surface area (Å²) < 4.78 is 28.3. The first-order valence-corrected chi connectivity index (χ1v) is 5.34. The van der Waals surface area contributed by atoms with Gasteiger partial charge in [-0.1, -0.05) is 12.1 Å². The zero-order valence-electron chi connectivity index (χ0n) is 9.81. The second-order valence-corrected chi connectivity index (χ2v) is 3.91. The van der Waals surface area contributed by atoms with Gasteiger partial charge in [-0.3, -0.25) is 5.73 Å². The van der Waals surface area contributed by atoms with E-state index < -0.39 is 12.3 Å². The van der Waals surface area contributed by atoms with Gasteiger partial charge in [0.1, 0.15) is 5.75 Å². The van der Waals surface area contributed by atoms with E-state index in [0.29, 0.717) is 5.56 Å². The number of nitrogens with two attached hydrogens (primary N) is 3. The normalized spacial score (nSPS) is 22.5. The Morgan fingerprint density at radius 1 is 1.21 bits per heavy atom. The summed E-state index contributed by atoms with van der Waals surface area (Å²) in [6, 6.07) is 5.72. The van der Waals surface area contributed by atoms with Crippen molar-refractivity contribution in [1.29, 1.82) is 0 Å². The number of hydrogen-bond acceptors (Lipinski definition) is 6. The average Bonchev–Trinajstić information content (AvgIpc) is 2.34. The third-order valence-electron chi connectivity index (χ3n) is 2.63. The molecule has 0 aliphatic carbocycles. The predicted octanol–water partition coefficient (Wildman–Crippen LogP) is 0.118. The predicted molar refractivity (Wildman–Crippen MR) is 66.0 cm³/mol. The summed E-state index contributed by atoms with van der Waals surface area (Å²) in [7, 11) is 0. The van der Waals surface area contributed by atoms with E-state index in [1.165, 1.54) is 30.5 Å². The van der Waals surface area contributed by atoms with Crippen LogP contribution in [0.25, 0.3) is 0 Å². The van der Waals surface area contributed by atoms with E-state index in [1.807, 2.05) is 0 Å². The molecule has 0 spiro atoms. The summed E-state index contributed by atoms with van der Waals surface area (Å²) in [6.07, 6.45) is 1.44. The van der Waals surface area contributed by atoms with E-state index in [-0.39, 0.29) is 17.4 Å². The lowest BCUT2D eigenvalue weighted by Crippen LogP contribution is -2.48. The molecule has 0 amide bonds. The highest BCUT2D eigenvalue weighted by Crippen LogP contribution is 2.28. The number of nitrogens with zero attached hydrogens (tertiary/aromatic N) is 1. The number of halogens is 2. The Balaban J connectivity index is 2.31. The van der Waals surface area contributed by atoms with Crippen LogP contribution < -0.4 is 27.3 Å². The molecule has 7 N–H and O–H groups in total. The SMILES string of the molecule is NC1=CNC(N)=NC1(N)c1ccc(OC(F)F)cc1. The first kappa shape index (κ1) is 13.1. The lowest BCUT2D eigenvalue weighted by molar-refractivity contribution is -0.0498. The number of rotatable bonds is 3. The summed E-state index contributed by atoms with van der Waals surface area (Å²) in [5.74, 6) is 0.139. The fraction of sp³-hybridized carbons (Fsp3) is 0.182. The zero-order valence-corrected chi connectivity index (χ0v) is 9.81. The molecule has 0 saturated carbocycles. The fourth-order valence-corrected chi connectivity index (χ4v) is 1.67. The van der Waals surface area contributed by atoms with Crippen molar-refractivity contribution in [2.24, 2.45) is 22.2 Å². The molecular formula is C11H13F2N5O. The molecule has 0 radical (unpaired) electrons. The van der Waals surface area contributed by atoms with Crippen molar-refractivity contribution < 1.29 is 13.5 Å². The van der Waals surface area contributed by atoms with Crippen molar-refractivity contribution in [2.45, 2.75) is 12.3 Å². The van der Waals surface area contributed by atoms with Crippen LogP contribution in [0.15, 0.2) is 41.2 Å². The summed E-state index contributed by atoms with van der Waals surface area (Å²) >= 11 is 0. The number of ether oxygens (including phenoxy) is 1. The van der Waals surface area contributed by atoms with E-state index in [2.05, 4.69) is 15.0 Å². The third-order valence-corrected chi connectivity index (χ3v) is 2.63. The van der Waals surface area contributed by atoms with Gasteiger partial charge in [0, 0.05) is 11.8 Å². The quantitative estimate of drug-likeness (QED) is 0.622. The van der Waals surface area contributed by atoms with Crippen LogP contribution in [-0.2, 0) is 5.66 Å². The zero-order chi connectivity index (χ0) is 14.0. The van der Waals surface area contributed by atoms with Gasteiger partial charge in [-0.25, -0.2) is 4.99 Å². The van der Waals surface area contributed by atoms with E-state index in [9.17, 15) is 8.78 Å². The Labute approximate surface area is 107 Å². The van der Waals surface area contributed by atoms with Gasteiger partial charge in [-0.05, 0) is 12.1 Å². The maximum absolute atomic E-state index is 12.0. The molecule has 1 aliphatic heterocycles. The van der Waals surface area contributed by atoms with Gasteiger partial charge >= 0.3 is 6.61 Å². The number of alkyl halides is 2. The second-order valence-electron chi connectivity index (χ2n) is 3.91. The third kappa shape index (κ3) is 2.58. The number of aliphatic imine (C=N–C) groups is 1. The van der Waals surface area contributed by atoms with Crippen LogP contribution in [0, 0.1) is 0 Å². The standard InChI is InChI=1S/C11H13F2N5O/c12-9(13)19-7-3-1-6(2-4-7)11(16)8(14)5-17-10(15)18-11/h1-5,9H,14,16H2,(H3,15,17,18). The van der Waals surface area contributed by atoms with E-state index in [4.69, 9.17) is 17.2 Å². The lowest BCUT2D eigenvalue weighted by atomic mass is 9.97.